The Morgan fingerprint density at radius 1 is 1.20 bits per heavy atom. The highest BCUT2D eigenvalue weighted by Gasteiger charge is 2.34. The van der Waals surface area contributed by atoms with E-state index in [2.05, 4.69) is 4.98 Å². The Hall–Kier alpha value is -3.41. The summed E-state index contributed by atoms with van der Waals surface area (Å²) in [7, 11) is 0.394. The van der Waals surface area contributed by atoms with Crippen molar-refractivity contribution in [3.05, 3.63) is 51.5 Å². The maximum Gasteiger partial charge on any atom is 0.296 e. The van der Waals surface area contributed by atoms with Crippen molar-refractivity contribution in [2.45, 2.75) is 43.4 Å². The first-order valence-corrected chi connectivity index (χ1v) is 12.4. The third-order valence-corrected chi connectivity index (χ3v) is 6.61. The minimum atomic E-state index is -3.77. The zero-order valence-electron chi connectivity index (χ0n) is 20.4. The summed E-state index contributed by atoms with van der Waals surface area (Å²) in [6, 6.07) is 3.17. The number of likely N-dealkylation sites (N-methyl/N-ethyl adjacent to an activating group) is 1. The number of amides is 1. The average molecular weight is 510 g/mol. The molecule has 1 N–H and O–H groups in total. The summed E-state index contributed by atoms with van der Waals surface area (Å²) in [5.74, 6) is -3.85. The molecular weight excluding hydrogens is 481 g/mol. The van der Waals surface area contributed by atoms with E-state index in [9.17, 15) is 37.1 Å². The van der Waals surface area contributed by atoms with E-state index in [1.165, 1.54) is 27.2 Å². The number of carbonyl (C=O) groups is 3. The smallest absolute Gasteiger partial charge is 0.296 e. The molecule has 10 nitrogen and oxygen atoms in total. The van der Waals surface area contributed by atoms with Crippen LogP contribution >= 0.6 is 0 Å². The van der Waals surface area contributed by atoms with Crippen molar-refractivity contribution in [1.82, 2.24) is 14.5 Å². The van der Waals surface area contributed by atoms with Crippen molar-refractivity contribution in [1.29, 1.82) is 0 Å². The number of Topliss-reactive ketones (excluding diaryl/α,β-unsaturated/α-hetero) is 2. The summed E-state index contributed by atoms with van der Waals surface area (Å²) in [4.78, 5) is 54.9. The lowest BCUT2D eigenvalue weighted by Crippen LogP contribution is -2.38. The highest BCUT2D eigenvalue weighted by atomic mass is 32.2. The summed E-state index contributed by atoms with van der Waals surface area (Å²) < 4.78 is 38.5. The van der Waals surface area contributed by atoms with Gasteiger partial charge in [-0.2, -0.15) is 0 Å². The molecule has 12 heteroatoms. The van der Waals surface area contributed by atoms with Gasteiger partial charge in [0.15, 0.2) is 21.3 Å². The third kappa shape index (κ3) is 6.18. The SMILES string of the molecule is CN(C)C(=O)C(=O)CC(C)(C)c1nc(C(=O)CCc2ccc(F)cc2S(C)(=O)=O)c(O)c(=O)n1C. The summed E-state index contributed by atoms with van der Waals surface area (Å²) >= 11 is 0. The van der Waals surface area contributed by atoms with Crippen LogP contribution in [0.15, 0.2) is 27.9 Å². The monoisotopic (exact) mass is 509 g/mol. The lowest BCUT2D eigenvalue weighted by molar-refractivity contribution is -0.143. The fourth-order valence-corrected chi connectivity index (χ4v) is 4.62. The van der Waals surface area contributed by atoms with E-state index >= 15 is 0 Å². The van der Waals surface area contributed by atoms with Crippen LogP contribution in [0.3, 0.4) is 0 Å². The van der Waals surface area contributed by atoms with Crippen molar-refractivity contribution >= 4 is 27.3 Å². The molecular formula is C23H28FN3O7S. The van der Waals surface area contributed by atoms with E-state index in [-0.39, 0.29) is 35.5 Å². The van der Waals surface area contributed by atoms with Crippen molar-refractivity contribution < 1.29 is 32.3 Å². The summed E-state index contributed by atoms with van der Waals surface area (Å²) in [5, 5.41) is 10.3. The maximum absolute atomic E-state index is 13.6. The molecule has 1 amide bonds. The Kier molecular flexibility index (Phi) is 8.00. The van der Waals surface area contributed by atoms with Gasteiger partial charge in [-0.25, -0.2) is 17.8 Å². The van der Waals surface area contributed by atoms with Crippen molar-refractivity contribution in [3.8, 4) is 5.75 Å². The third-order valence-electron chi connectivity index (χ3n) is 5.43. The van der Waals surface area contributed by atoms with E-state index in [0.717, 1.165) is 27.9 Å². The second kappa shape index (κ2) is 10.1. The van der Waals surface area contributed by atoms with Crippen LogP contribution in [0.1, 0.15) is 48.6 Å². The topological polar surface area (TPSA) is 144 Å². The van der Waals surface area contributed by atoms with Gasteiger partial charge in [0.05, 0.1) is 4.90 Å². The molecule has 0 aliphatic rings. The van der Waals surface area contributed by atoms with E-state index in [4.69, 9.17) is 0 Å². The number of hydrogen-bond donors (Lipinski definition) is 1. The quantitative estimate of drug-likeness (QED) is 0.392. The zero-order valence-corrected chi connectivity index (χ0v) is 21.2. The zero-order chi connectivity index (χ0) is 26.9. The molecule has 35 heavy (non-hydrogen) atoms. The molecule has 0 saturated carbocycles. The molecule has 0 aliphatic carbocycles. The Morgan fingerprint density at radius 2 is 1.80 bits per heavy atom. The molecule has 0 radical (unpaired) electrons. The Balaban J connectivity index is 2.43. The predicted octanol–water partition coefficient (Wildman–Crippen LogP) is 1.17. The van der Waals surface area contributed by atoms with Crippen LogP contribution in [0.25, 0.3) is 0 Å². The van der Waals surface area contributed by atoms with Gasteiger partial charge in [0.2, 0.25) is 11.5 Å². The van der Waals surface area contributed by atoms with Gasteiger partial charge in [-0.05, 0) is 24.1 Å². The largest absolute Gasteiger partial charge is 0.501 e. The average Bonchev–Trinajstić information content (AvgIpc) is 2.74. The number of carbonyl (C=O) groups excluding carboxylic acids is 3. The highest BCUT2D eigenvalue weighted by molar-refractivity contribution is 7.90. The number of nitrogens with zero attached hydrogens (tertiary/aromatic N) is 3. The van der Waals surface area contributed by atoms with Crippen LogP contribution in [0, 0.1) is 5.82 Å². The molecule has 0 atom stereocenters. The van der Waals surface area contributed by atoms with Crippen molar-refractivity contribution in [2.24, 2.45) is 7.05 Å². The molecule has 1 aromatic carbocycles. The number of aryl methyl sites for hydroxylation is 1. The van der Waals surface area contributed by atoms with Gasteiger partial charge in [0, 0.05) is 45.7 Å². The van der Waals surface area contributed by atoms with E-state index in [0.29, 0.717) is 0 Å². The standard InChI is InChI=1S/C23H28FN3O7S/c1-23(2,12-16(29)20(31)26(3)4)22-25-18(19(30)21(32)27(22)5)15(28)10-8-13-7-9-14(24)11-17(13)35(6,33)34/h7,9,11,30H,8,10,12H2,1-6H3. The van der Waals surface area contributed by atoms with Gasteiger partial charge in [-0.1, -0.05) is 19.9 Å². The van der Waals surface area contributed by atoms with Crippen molar-refractivity contribution in [3.63, 3.8) is 0 Å². The minimum Gasteiger partial charge on any atom is -0.501 e. The second-order valence-electron chi connectivity index (χ2n) is 9.13. The first-order chi connectivity index (χ1) is 16.0. The first-order valence-electron chi connectivity index (χ1n) is 10.5. The number of rotatable bonds is 9. The van der Waals surface area contributed by atoms with Crippen LogP contribution in [-0.2, 0) is 38.3 Å². The van der Waals surface area contributed by atoms with Gasteiger partial charge in [-0.15, -0.1) is 0 Å². The molecule has 1 heterocycles. The Morgan fingerprint density at radius 3 is 2.34 bits per heavy atom. The van der Waals surface area contributed by atoms with Gasteiger partial charge < -0.3 is 10.0 Å². The number of benzene rings is 1. The molecule has 2 aromatic rings. The molecule has 0 spiro atoms. The van der Waals surface area contributed by atoms with Crippen LogP contribution in [0.2, 0.25) is 0 Å². The lowest BCUT2D eigenvalue weighted by Gasteiger charge is -2.26. The predicted molar refractivity (Wildman–Crippen MR) is 125 cm³/mol. The van der Waals surface area contributed by atoms with Gasteiger partial charge in [-0.3, -0.25) is 23.7 Å². The fourth-order valence-electron chi connectivity index (χ4n) is 3.64. The van der Waals surface area contributed by atoms with Crippen LogP contribution in [0.4, 0.5) is 4.39 Å². The molecule has 0 aliphatic heterocycles. The lowest BCUT2D eigenvalue weighted by atomic mass is 9.85. The van der Waals surface area contributed by atoms with E-state index in [1.807, 2.05) is 0 Å². The van der Waals surface area contributed by atoms with Crippen molar-refractivity contribution in [2.75, 3.05) is 20.4 Å². The Bertz CT molecular complexity index is 1360. The maximum atomic E-state index is 13.6. The molecule has 0 unspecified atom stereocenters. The molecule has 0 bridgehead atoms. The number of sulfone groups is 1. The number of ketones is 2. The normalized spacial score (nSPS) is 11.9. The summed E-state index contributed by atoms with van der Waals surface area (Å²) in [6.45, 7) is 3.13. The second-order valence-corrected chi connectivity index (χ2v) is 11.1. The number of hydrogen-bond acceptors (Lipinski definition) is 8. The van der Waals surface area contributed by atoms with Gasteiger partial charge in [0.1, 0.15) is 11.6 Å². The van der Waals surface area contributed by atoms with E-state index in [1.54, 1.807) is 13.8 Å². The molecule has 0 saturated heterocycles. The fraction of sp³-hybridized carbons (Fsp3) is 0.435. The minimum absolute atomic E-state index is 0.00200. The first kappa shape index (κ1) is 27.8. The Labute approximate surface area is 202 Å². The summed E-state index contributed by atoms with van der Waals surface area (Å²) in [6.07, 6.45) is 0.153. The summed E-state index contributed by atoms with van der Waals surface area (Å²) in [5.41, 5.74) is -2.42. The molecule has 0 fully saturated rings. The number of halogens is 1. The molecule has 1 aromatic heterocycles. The number of aromatic nitrogens is 2. The van der Waals surface area contributed by atoms with Crippen LogP contribution < -0.4 is 5.56 Å². The van der Waals surface area contributed by atoms with Gasteiger partial charge >= 0.3 is 0 Å². The highest BCUT2D eigenvalue weighted by Crippen LogP contribution is 2.27. The van der Waals surface area contributed by atoms with Gasteiger partial charge in [0.25, 0.3) is 11.5 Å². The van der Waals surface area contributed by atoms with Crippen LogP contribution in [0.5, 0.6) is 5.75 Å². The molecule has 2 rings (SSSR count). The van der Waals surface area contributed by atoms with E-state index < -0.39 is 55.5 Å². The van der Waals surface area contributed by atoms with Crippen LogP contribution in [-0.4, -0.2) is 65.8 Å². The number of aromatic hydroxyl groups is 1. The molecule has 190 valence electrons.